The molecule has 2 rings (SSSR count). The van der Waals surface area contributed by atoms with Crippen molar-refractivity contribution in [3.8, 4) is 5.75 Å². The summed E-state index contributed by atoms with van der Waals surface area (Å²) in [7, 11) is 0. The average molecular weight is 234 g/mol. The lowest BCUT2D eigenvalue weighted by molar-refractivity contribution is 0.340. The van der Waals surface area contributed by atoms with E-state index in [1.807, 2.05) is 25.1 Å². The molecule has 0 saturated carbocycles. The molecule has 0 bridgehead atoms. The molecule has 0 fully saturated rings. The molecule has 0 radical (unpaired) electrons. The van der Waals surface area contributed by atoms with Crippen LogP contribution in [0.15, 0.2) is 35.8 Å². The zero-order valence-electron chi connectivity index (χ0n) is 9.14. The molecular formula is C12H14N2OS. The molecule has 0 spiro atoms. The molecule has 2 aromatic heterocycles. The molecule has 3 nitrogen and oxygen atoms in total. The van der Waals surface area contributed by atoms with Crippen molar-refractivity contribution in [3.63, 3.8) is 0 Å². The third kappa shape index (κ3) is 2.73. The summed E-state index contributed by atoms with van der Waals surface area (Å²) in [5.41, 5.74) is 0. The fourth-order valence-electron chi connectivity index (χ4n) is 1.38. The van der Waals surface area contributed by atoms with Gasteiger partial charge < -0.3 is 10.1 Å². The maximum absolute atomic E-state index is 5.49. The zero-order chi connectivity index (χ0) is 11.2. The van der Waals surface area contributed by atoms with Crippen LogP contribution in [-0.2, 0) is 6.54 Å². The van der Waals surface area contributed by atoms with E-state index in [0.29, 0.717) is 6.61 Å². The first-order valence-electron chi connectivity index (χ1n) is 5.24. The Labute approximate surface area is 99.1 Å². The molecule has 0 atom stereocenters. The predicted molar refractivity (Wildman–Crippen MR) is 67.1 cm³/mol. The lowest BCUT2D eigenvalue weighted by Gasteiger charge is -2.09. The third-order valence-corrected chi connectivity index (χ3v) is 2.96. The van der Waals surface area contributed by atoms with Crippen LogP contribution in [0.4, 0.5) is 5.82 Å². The van der Waals surface area contributed by atoms with Gasteiger partial charge in [-0.05, 0) is 30.5 Å². The summed E-state index contributed by atoms with van der Waals surface area (Å²) in [6, 6.07) is 7.94. The molecule has 0 amide bonds. The molecule has 0 aromatic carbocycles. The van der Waals surface area contributed by atoms with Crippen LogP contribution >= 0.6 is 11.3 Å². The quantitative estimate of drug-likeness (QED) is 0.863. The summed E-state index contributed by atoms with van der Waals surface area (Å²) >= 11 is 1.73. The van der Waals surface area contributed by atoms with Gasteiger partial charge >= 0.3 is 0 Å². The zero-order valence-corrected chi connectivity index (χ0v) is 9.96. The summed E-state index contributed by atoms with van der Waals surface area (Å²) < 4.78 is 5.49. The van der Waals surface area contributed by atoms with Crippen LogP contribution in [0.5, 0.6) is 5.75 Å². The Morgan fingerprint density at radius 3 is 3.06 bits per heavy atom. The molecule has 0 aliphatic heterocycles. The second-order valence-corrected chi connectivity index (χ2v) is 4.25. The summed E-state index contributed by atoms with van der Waals surface area (Å²) in [6.07, 6.45) is 1.76. The van der Waals surface area contributed by atoms with Crippen molar-refractivity contribution in [3.05, 3.63) is 40.7 Å². The molecule has 4 heteroatoms. The van der Waals surface area contributed by atoms with E-state index >= 15 is 0 Å². The molecule has 84 valence electrons. The van der Waals surface area contributed by atoms with E-state index in [4.69, 9.17) is 4.74 Å². The van der Waals surface area contributed by atoms with E-state index < -0.39 is 0 Å². The number of aromatic nitrogens is 1. The first-order chi connectivity index (χ1) is 7.90. The lowest BCUT2D eigenvalue weighted by Crippen LogP contribution is -2.03. The van der Waals surface area contributed by atoms with Gasteiger partial charge in [0.1, 0.15) is 0 Å². The van der Waals surface area contributed by atoms with Crippen LogP contribution < -0.4 is 10.1 Å². The van der Waals surface area contributed by atoms with Crippen molar-refractivity contribution in [1.82, 2.24) is 4.98 Å². The van der Waals surface area contributed by atoms with Gasteiger partial charge in [-0.1, -0.05) is 6.07 Å². The highest BCUT2D eigenvalue weighted by molar-refractivity contribution is 7.09. The van der Waals surface area contributed by atoms with Crippen molar-refractivity contribution in [2.24, 2.45) is 0 Å². The van der Waals surface area contributed by atoms with Crippen LogP contribution in [0.25, 0.3) is 0 Å². The van der Waals surface area contributed by atoms with E-state index in [1.165, 1.54) is 4.88 Å². The number of rotatable bonds is 5. The average Bonchev–Trinajstić information content (AvgIpc) is 2.81. The topological polar surface area (TPSA) is 34.1 Å². The van der Waals surface area contributed by atoms with Crippen molar-refractivity contribution < 1.29 is 4.74 Å². The first kappa shape index (κ1) is 11.0. The van der Waals surface area contributed by atoms with Crippen LogP contribution in [0.2, 0.25) is 0 Å². The summed E-state index contributed by atoms with van der Waals surface area (Å²) in [6.45, 7) is 3.41. The number of nitrogens with zero attached hydrogens (tertiary/aromatic N) is 1. The largest absolute Gasteiger partial charge is 0.490 e. The Bertz CT molecular complexity index is 428. The Balaban J connectivity index is 2.03. The van der Waals surface area contributed by atoms with Crippen molar-refractivity contribution in [2.75, 3.05) is 11.9 Å². The first-order valence-corrected chi connectivity index (χ1v) is 6.12. The molecular weight excluding hydrogens is 220 g/mol. The van der Waals surface area contributed by atoms with E-state index in [2.05, 4.69) is 21.7 Å². The molecule has 1 N–H and O–H groups in total. The van der Waals surface area contributed by atoms with E-state index in [0.717, 1.165) is 18.1 Å². The van der Waals surface area contributed by atoms with Gasteiger partial charge in [-0.15, -0.1) is 11.3 Å². The minimum atomic E-state index is 0.652. The molecule has 2 aromatic rings. The van der Waals surface area contributed by atoms with Crippen LogP contribution in [0.1, 0.15) is 11.8 Å². The van der Waals surface area contributed by atoms with Crippen LogP contribution in [0.3, 0.4) is 0 Å². The van der Waals surface area contributed by atoms with Gasteiger partial charge in [-0.2, -0.15) is 0 Å². The predicted octanol–water partition coefficient (Wildman–Crippen LogP) is 3.15. The highest BCUT2D eigenvalue weighted by Gasteiger charge is 2.03. The van der Waals surface area contributed by atoms with Gasteiger partial charge in [-0.3, -0.25) is 0 Å². The maximum Gasteiger partial charge on any atom is 0.169 e. The number of hydrogen-bond donors (Lipinski definition) is 1. The smallest absolute Gasteiger partial charge is 0.169 e. The number of pyridine rings is 1. The molecule has 2 heterocycles. The third-order valence-electron chi connectivity index (χ3n) is 2.08. The van der Waals surface area contributed by atoms with Crippen LogP contribution in [0, 0.1) is 0 Å². The van der Waals surface area contributed by atoms with Crippen LogP contribution in [-0.4, -0.2) is 11.6 Å². The van der Waals surface area contributed by atoms with Crippen molar-refractivity contribution in [1.29, 1.82) is 0 Å². The normalized spacial score (nSPS) is 10.1. The van der Waals surface area contributed by atoms with Gasteiger partial charge in [0.15, 0.2) is 11.6 Å². The van der Waals surface area contributed by atoms with Crippen molar-refractivity contribution in [2.45, 2.75) is 13.5 Å². The highest BCUT2D eigenvalue weighted by Crippen LogP contribution is 2.21. The molecule has 0 aliphatic rings. The SMILES string of the molecule is CCOc1cccnc1NCc1cccs1. The van der Waals surface area contributed by atoms with Gasteiger partial charge in [0.05, 0.1) is 13.2 Å². The number of ether oxygens (including phenoxy) is 1. The standard InChI is InChI=1S/C12H14N2OS/c1-2-15-11-6-3-7-13-12(11)14-9-10-5-4-8-16-10/h3-8H,2,9H2,1H3,(H,13,14). The maximum atomic E-state index is 5.49. The highest BCUT2D eigenvalue weighted by atomic mass is 32.1. The lowest BCUT2D eigenvalue weighted by atomic mass is 10.4. The van der Waals surface area contributed by atoms with E-state index in [9.17, 15) is 0 Å². The fourth-order valence-corrected chi connectivity index (χ4v) is 2.02. The monoisotopic (exact) mass is 234 g/mol. The van der Waals surface area contributed by atoms with Gasteiger partial charge in [0, 0.05) is 11.1 Å². The van der Waals surface area contributed by atoms with Gasteiger partial charge in [0.25, 0.3) is 0 Å². The Morgan fingerprint density at radius 1 is 1.38 bits per heavy atom. The number of anilines is 1. The Morgan fingerprint density at radius 2 is 2.31 bits per heavy atom. The number of thiophene rings is 1. The van der Waals surface area contributed by atoms with E-state index in [1.54, 1.807) is 17.5 Å². The van der Waals surface area contributed by atoms with E-state index in [-0.39, 0.29) is 0 Å². The molecule has 0 saturated heterocycles. The van der Waals surface area contributed by atoms with Gasteiger partial charge in [-0.25, -0.2) is 4.98 Å². The molecule has 0 unspecified atom stereocenters. The minimum Gasteiger partial charge on any atom is -0.490 e. The number of hydrogen-bond acceptors (Lipinski definition) is 4. The summed E-state index contributed by atoms with van der Waals surface area (Å²) in [5, 5.41) is 5.34. The molecule has 16 heavy (non-hydrogen) atoms. The Hall–Kier alpha value is -1.55. The second-order valence-electron chi connectivity index (χ2n) is 3.22. The summed E-state index contributed by atoms with van der Waals surface area (Å²) in [4.78, 5) is 5.55. The Kier molecular flexibility index (Phi) is 3.77. The van der Waals surface area contributed by atoms with Gasteiger partial charge in [0.2, 0.25) is 0 Å². The summed E-state index contributed by atoms with van der Waals surface area (Å²) in [5.74, 6) is 1.61. The minimum absolute atomic E-state index is 0.652. The molecule has 0 aliphatic carbocycles. The number of nitrogens with one attached hydrogen (secondary N) is 1. The fraction of sp³-hybridized carbons (Fsp3) is 0.250. The second kappa shape index (κ2) is 5.51. The van der Waals surface area contributed by atoms with Crippen molar-refractivity contribution >= 4 is 17.2 Å².